The lowest BCUT2D eigenvalue weighted by atomic mass is 9.96. The fourth-order valence-electron chi connectivity index (χ4n) is 3.43. The van der Waals surface area contributed by atoms with E-state index in [1.54, 1.807) is 30.0 Å². The van der Waals surface area contributed by atoms with Gasteiger partial charge in [0.1, 0.15) is 10.6 Å². The average Bonchev–Trinajstić information content (AvgIpc) is 3.29. The molecule has 2 heterocycles. The van der Waals surface area contributed by atoms with Crippen LogP contribution in [-0.4, -0.2) is 63.2 Å². The van der Waals surface area contributed by atoms with E-state index in [2.05, 4.69) is 5.32 Å². The molecule has 31 heavy (non-hydrogen) atoms. The Morgan fingerprint density at radius 1 is 1.29 bits per heavy atom. The van der Waals surface area contributed by atoms with E-state index in [0.29, 0.717) is 31.7 Å². The monoisotopic (exact) mass is 449 g/mol. The van der Waals surface area contributed by atoms with Crippen LogP contribution < -0.4 is 10.1 Å². The molecule has 1 aliphatic rings. The van der Waals surface area contributed by atoms with E-state index in [1.807, 2.05) is 0 Å². The van der Waals surface area contributed by atoms with Gasteiger partial charge in [-0.3, -0.25) is 9.59 Å². The predicted molar refractivity (Wildman–Crippen MR) is 114 cm³/mol. The molecule has 1 saturated heterocycles. The molecule has 1 atom stereocenters. The number of nitrogens with one attached hydrogen (secondary N) is 1. The third-order valence-electron chi connectivity index (χ3n) is 5.08. The van der Waals surface area contributed by atoms with Crippen LogP contribution in [0.25, 0.3) is 0 Å². The van der Waals surface area contributed by atoms with Crippen molar-refractivity contribution < 1.29 is 27.2 Å². The fourth-order valence-corrected chi connectivity index (χ4v) is 4.49. The minimum absolute atomic E-state index is 0.0181. The highest BCUT2D eigenvalue weighted by molar-refractivity contribution is 7.89. The van der Waals surface area contributed by atoms with Crippen LogP contribution in [0.3, 0.4) is 0 Å². The van der Waals surface area contributed by atoms with Crippen LogP contribution in [0.5, 0.6) is 5.75 Å². The number of rotatable bonds is 7. The molecule has 0 aliphatic carbocycles. The number of hydrogen-bond donors (Lipinski definition) is 1. The number of piperidine rings is 1. The molecule has 0 radical (unpaired) electrons. The highest BCUT2D eigenvalue weighted by atomic mass is 32.2. The van der Waals surface area contributed by atoms with Crippen molar-refractivity contribution in [2.24, 2.45) is 5.92 Å². The number of carbonyl (C=O) groups is 2. The van der Waals surface area contributed by atoms with Crippen LogP contribution in [-0.2, 0) is 14.8 Å². The summed E-state index contributed by atoms with van der Waals surface area (Å²) >= 11 is 0. The summed E-state index contributed by atoms with van der Waals surface area (Å²) in [6, 6.07) is 7.77. The summed E-state index contributed by atoms with van der Waals surface area (Å²) in [6.45, 7) is 2.90. The molecule has 0 saturated carbocycles. The van der Waals surface area contributed by atoms with Gasteiger partial charge in [-0.15, -0.1) is 0 Å². The van der Waals surface area contributed by atoms with E-state index >= 15 is 0 Å². The predicted octanol–water partition coefficient (Wildman–Crippen LogP) is 2.42. The Kier molecular flexibility index (Phi) is 7.01. The quantitative estimate of drug-likeness (QED) is 0.695. The number of hydrogen-bond acceptors (Lipinski definition) is 6. The number of anilines is 1. The summed E-state index contributed by atoms with van der Waals surface area (Å²) in [7, 11) is -0.897. The minimum atomic E-state index is -3.76. The molecule has 2 amide bonds. The van der Waals surface area contributed by atoms with Crippen molar-refractivity contribution in [3.05, 3.63) is 42.4 Å². The minimum Gasteiger partial charge on any atom is -0.492 e. The fraction of sp³-hybridized carbons (Fsp3) is 0.429. The first kappa shape index (κ1) is 22.8. The third-order valence-corrected chi connectivity index (χ3v) is 6.92. The second-order valence-electron chi connectivity index (χ2n) is 7.44. The van der Waals surface area contributed by atoms with Gasteiger partial charge < -0.3 is 19.4 Å². The maximum absolute atomic E-state index is 12.9. The maximum Gasteiger partial charge on any atom is 0.289 e. The second-order valence-corrected chi connectivity index (χ2v) is 9.56. The van der Waals surface area contributed by atoms with Gasteiger partial charge in [0.2, 0.25) is 15.9 Å². The second kappa shape index (κ2) is 9.52. The van der Waals surface area contributed by atoms with E-state index in [9.17, 15) is 18.0 Å². The zero-order chi connectivity index (χ0) is 22.6. The molecular formula is C21H27N3O6S. The molecule has 3 rings (SSSR count). The van der Waals surface area contributed by atoms with Gasteiger partial charge in [0.25, 0.3) is 5.91 Å². The first-order valence-corrected chi connectivity index (χ1v) is 11.5. The first-order valence-electron chi connectivity index (χ1n) is 10.1. The van der Waals surface area contributed by atoms with Crippen LogP contribution in [0, 0.1) is 5.92 Å². The number of likely N-dealkylation sites (tertiary alicyclic amines) is 1. The normalized spacial score (nSPS) is 16.9. The van der Waals surface area contributed by atoms with Gasteiger partial charge in [-0.05, 0) is 50.1 Å². The van der Waals surface area contributed by atoms with Crippen LogP contribution in [0.15, 0.2) is 45.9 Å². The molecule has 1 aromatic heterocycles. The number of nitrogens with zero attached hydrogens (tertiary/aromatic N) is 2. The van der Waals surface area contributed by atoms with Crippen LogP contribution >= 0.6 is 0 Å². The molecule has 2 aromatic rings. The van der Waals surface area contributed by atoms with Gasteiger partial charge >= 0.3 is 0 Å². The van der Waals surface area contributed by atoms with Crippen molar-refractivity contribution in [1.29, 1.82) is 0 Å². The van der Waals surface area contributed by atoms with Gasteiger partial charge in [-0.2, -0.15) is 0 Å². The van der Waals surface area contributed by atoms with Crippen molar-refractivity contribution in [3.63, 3.8) is 0 Å². The van der Waals surface area contributed by atoms with Crippen molar-refractivity contribution in [3.8, 4) is 5.75 Å². The largest absolute Gasteiger partial charge is 0.492 e. The van der Waals surface area contributed by atoms with Gasteiger partial charge in [0, 0.05) is 32.9 Å². The van der Waals surface area contributed by atoms with Crippen molar-refractivity contribution >= 4 is 27.5 Å². The standard InChI is InChI=1S/C21H27N3O6S/c1-4-29-17-10-9-16(13-19(17)31(27,28)23(2)3)22-20(25)15-7-5-11-24(14-15)21(26)18-8-6-12-30-18/h6,8-10,12-13,15H,4-5,7,11,14H2,1-3H3,(H,22,25). The Bertz CT molecular complexity index is 1030. The highest BCUT2D eigenvalue weighted by Gasteiger charge is 2.30. The Hall–Kier alpha value is -2.85. The number of sulfonamides is 1. The van der Waals surface area contributed by atoms with E-state index in [-0.39, 0.29) is 34.8 Å². The van der Waals surface area contributed by atoms with Crippen molar-refractivity contribution in [1.82, 2.24) is 9.21 Å². The average molecular weight is 450 g/mol. The SMILES string of the molecule is CCOc1ccc(NC(=O)C2CCCN(C(=O)c3ccco3)C2)cc1S(=O)(=O)N(C)C. The van der Waals surface area contributed by atoms with Crippen LogP contribution in [0.1, 0.15) is 30.3 Å². The van der Waals surface area contributed by atoms with Crippen LogP contribution in [0.2, 0.25) is 0 Å². The van der Waals surface area contributed by atoms with E-state index in [1.165, 1.54) is 32.5 Å². The topological polar surface area (TPSA) is 109 Å². The highest BCUT2D eigenvalue weighted by Crippen LogP contribution is 2.30. The van der Waals surface area contributed by atoms with Gasteiger partial charge in [0.15, 0.2) is 5.76 Å². The number of benzene rings is 1. The molecule has 0 spiro atoms. The Morgan fingerprint density at radius 3 is 2.71 bits per heavy atom. The van der Waals surface area contributed by atoms with Gasteiger partial charge in [-0.1, -0.05) is 0 Å². The van der Waals surface area contributed by atoms with Crippen molar-refractivity contribution in [2.75, 3.05) is 39.1 Å². The lowest BCUT2D eigenvalue weighted by molar-refractivity contribution is -0.121. The Morgan fingerprint density at radius 2 is 2.06 bits per heavy atom. The van der Waals surface area contributed by atoms with E-state index in [0.717, 1.165) is 4.31 Å². The molecule has 1 unspecified atom stereocenters. The van der Waals surface area contributed by atoms with Crippen molar-refractivity contribution in [2.45, 2.75) is 24.7 Å². The van der Waals surface area contributed by atoms with Gasteiger partial charge in [-0.25, -0.2) is 12.7 Å². The zero-order valence-corrected chi connectivity index (χ0v) is 18.6. The third kappa shape index (κ3) is 5.08. The lowest BCUT2D eigenvalue weighted by Gasteiger charge is -2.31. The molecule has 9 nitrogen and oxygen atoms in total. The summed E-state index contributed by atoms with van der Waals surface area (Å²) in [5, 5.41) is 2.79. The van der Waals surface area contributed by atoms with Gasteiger partial charge in [0.05, 0.1) is 18.8 Å². The molecule has 1 aliphatic heterocycles. The molecule has 168 valence electrons. The number of furan rings is 1. The smallest absolute Gasteiger partial charge is 0.289 e. The summed E-state index contributed by atoms with van der Waals surface area (Å²) in [5.74, 6) is -0.460. The Balaban J connectivity index is 1.76. The summed E-state index contributed by atoms with van der Waals surface area (Å²) in [5.41, 5.74) is 0.350. The maximum atomic E-state index is 12.9. The number of amides is 2. The number of carbonyl (C=O) groups excluding carboxylic acids is 2. The zero-order valence-electron chi connectivity index (χ0n) is 17.8. The van der Waals surface area contributed by atoms with E-state index in [4.69, 9.17) is 9.15 Å². The van der Waals surface area contributed by atoms with E-state index < -0.39 is 15.9 Å². The lowest BCUT2D eigenvalue weighted by Crippen LogP contribution is -2.43. The molecule has 1 aromatic carbocycles. The Labute approximate surface area is 182 Å². The van der Waals surface area contributed by atoms with Crippen LogP contribution in [0.4, 0.5) is 5.69 Å². The molecule has 10 heteroatoms. The summed E-state index contributed by atoms with van der Waals surface area (Å²) in [4.78, 5) is 27.0. The molecule has 0 bridgehead atoms. The molecule has 1 N–H and O–H groups in total. The molecule has 1 fully saturated rings. The summed E-state index contributed by atoms with van der Waals surface area (Å²) < 4.78 is 37.1. The molecular weight excluding hydrogens is 422 g/mol. The first-order chi connectivity index (χ1) is 14.7. The number of ether oxygens (including phenoxy) is 1. The summed E-state index contributed by atoms with van der Waals surface area (Å²) in [6.07, 6.45) is 2.76.